The first-order valence-corrected chi connectivity index (χ1v) is 4.51. The largest absolute Gasteiger partial charge is 0.572 e. The van der Waals surface area contributed by atoms with E-state index in [1.54, 1.807) is 0 Å². The van der Waals surface area contributed by atoms with Gasteiger partial charge in [0.25, 0.3) is 6.34 Å². The summed E-state index contributed by atoms with van der Waals surface area (Å²) >= 11 is 0. The van der Waals surface area contributed by atoms with Crippen molar-refractivity contribution in [2.24, 2.45) is 4.99 Å². The molecule has 15 heavy (non-hydrogen) atoms. The van der Waals surface area contributed by atoms with Gasteiger partial charge in [-0.3, -0.25) is 5.41 Å². The fourth-order valence-corrected chi connectivity index (χ4v) is 1.22. The van der Waals surface area contributed by atoms with Crippen molar-refractivity contribution >= 4 is 20.1 Å². The highest BCUT2D eigenvalue weighted by molar-refractivity contribution is 6.14. The van der Waals surface area contributed by atoms with Gasteiger partial charge < -0.3 is 4.65 Å². The maximum absolute atomic E-state index is 5.25. The van der Waals surface area contributed by atoms with Crippen molar-refractivity contribution in [1.29, 1.82) is 0 Å². The lowest BCUT2D eigenvalue weighted by molar-refractivity contribution is -0.106. The lowest BCUT2D eigenvalue weighted by atomic mass is 10.0. The quantitative estimate of drug-likeness (QED) is 0.301. The zero-order valence-corrected chi connectivity index (χ0v) is 8.55. The number of hydrogen-bond donors (Lipinski definition) is 1. The molecule has 0 heterocycles. The van der Waals surface area contributed by atoms with E-state index in [1.165, 1.54) is 12.6 Å². The van der Waals surface area contributed by atoms with Crippen LogP contribution in [-0.2, 0) is 4.65 Å². The van der Waals surface area contributed by atoms with E-state index in [4.69, 9.17) is 13.5 Å². The number of aliphatic imine (C=N–C) groups is 1. The summed E-state index contributed by atoms with van der Waals surface area (Å²) in [5.41, 5.74) is 2.55. The van der Waals surface area contributed by atoms with E-state index in [-0.39, 0.29) is 0 Å². The van der Waals surface area contributed by atoms with Gasteiger partial charge in [-0.2, -0.15) is 0 Å². The first kappa shape index (κ1) is 11.2. The Morgan fingerprint density at radius 1 is 1.47 bits per heavy atom. The minimum absolute atomic E-state index is 0.721. The van der Waals surface area contributed by atoms with Gasteiger partial charge >= 0.3 is 8.05 Å². The minimum Gasteiger partial charge on any atom is -0.572 e. The van der Waals surface area contributed by atoms with Crippen LogP contribution in [0.4, 0.5) is 0 Å². The molecule has 0 bridgehead atoms. The summed E-state index contributed by atoms with van der Waals surface area (Å²) in [6.45, 7) is 1.95. The standard InChI is InChI=1S/C11H11BN2O/c1-2-3-9-4-5-10(7-15-12)11(6-9)14-8-13/h2-8,13H,1H3/p+1/b3-2+,10-7-,13-8?,14-11?. The van der Waals surface area contributed by atoms with Crippen LogP contribution in [0.1, 0.15) is 6.92 Å². The van der Waals surface area contributed by atoms with Gasteiger partial charge in [-0.15, -0.1) is 0 Å². The molecule has 0 fully saturated rings. The monoisotopic (exact) mass is 199 g/mol. The van der Waals surface area contributed by atoms with Gasteiger partial charge in [-0.05, 0) is 29.6 Å². The molecule has 1 aliphatic carbocycles. The van der Waals surface area contributed by atoms with Crippen LogP contribution < -0.4 is 5.41 Å². The molecule has 0 aromatic carbocycles. The Morgan fingerprint density at radius 2 is 2.27 bits per heavy atom. The van der Waals surface area contributed by atoms with Crippen molar-refractivity contribution < 1.29 is 10.1 Å². The molecule has 4 heteroatoms. The highest BCUT2D eigenvalue weighted by Crippen LogP contribution is 2.14. The smallest absolute Gasteiger partial charge is 0.373 e. The number of rotatable bonds is 3. The molecule has 0 aromatic rings. The van der Waals surface area contributed by atoms with E-state index >= 15 is 0 Å². The van der Waals surface area contributed by atoms with Crippen LogP contribution in [-0.4, -0.2) is 20.1 Å². The summed E-state index contributed by atoms with van der Waals surface area (Å²) < 4.78 is 4.46. The number of allylic oxidation sites excluding steroid dienone is 7. The van der Waals surface area contributed by atoms with Gasteiger partial charge in [0.2, 0.25) is 0 Å². The number of hydrogen-bond acceptors (Lipinski definition) is 1. The zero-order chi connectivity index (χ0) is 11.1. The Bertz CT molecular complexity index is 389. The molecule has 3 nitrogen and oxygen atoms in total. The molecule has 0 atom stereocenters. The lowest BCUT2D eigenvalue weighted by Crippen LogP contribution is -2.29. The Labute approximate surface area is 90.5 Å². The summed E-state index contributed by atoms with van der Waals surface area (Å²) in [5, 5.41) is 5.25. The van der Waals surface area contributed by atoms with Crippen molar-refractivity contribution in [3.8, 4) is 0 Å². The highest BCUT2D eigenvalue weighted by atomic mass is 16.4. The van der Waals surface area contributed by atoms with Gasteiger partial charge in [-0.25, -0.2) is 0 Å². The minimum atomic E-state index is 0.721. The first-order chi connectivity index (χ1) is 7.31. The molecule has 0 aliphatic heterocycles. The topological polar surface area (TPSA) is 47.2 Å². The van der Waals surface area contributed by atoms with Gasteiger partial charge in [0.15, 0.2) is 5.71 Å². The summed E-state index contributed by atoms with van der Waals surface area (Å²) in [7, 11) is 4.97. The third-order valence-corrected chi connectivity index (χ3v) is 1.82. The second kappa shape index (κ2) is 5.80. The predicted molar refractivity (Wildman–Crippen MR) is 62.4 cm³/mol. The predicted octanol–water partition coefficient (Wildman–Crippen LogP) is 0.271. The maximum atomic E-state index is 5.25. The third kappa shape index (κ3) is 3.09. The molecule has 1 rings (SSSR count). The molecule has 2 N–H and O–H groups in total. The van der Waals surface area contributed by atoms with E-state index < -0.39 is 0 Å². The first-order valence-electron chi connectivity index (χ1n) is 4.51. The van der Waals surface area contributed by atoms with Crippen molar-refractivity contribution in [3.05, 3.63) is 47.8 Å². The average Bonchev–Trinajstić information content (AvgIpc) is 2.23. The van der Waals surface area contributed by atoms with Crippen LogP contribution in [0.2, 0.25) is 0 Å². The van der Waals surface area contributed by atoms with Gasteiger partial charge in [0, 0.05) is 0 Å². The average molecular weight is 199 g/mol. The van der Waals surface area contributed by atoms with Gasteiger partial charge in [0.1, 0.15) is 0 Å². The van der Waals surface area contributed by atoms with Crippen LogP contribution in [0.15, 0.2) is 52.8 Å². The summed E-state index contributed by atoms with van der Waals surface area (Å²) in [5.74, 6) is 0. The van der Waals surface area contributed by atoms with Crippen LogP contribution in [0.3, 0.4) is 0 Å². The zero-order valence-electron chi connectivity index (χ0n) is 8.55. The Kier molecular flexibility index (Phi) is 4.35. The molecule has 0 saturated carbocycles. The SMILES string of the molecule is [B]O/C=C1/C=CC(/C=C/C)=CC1=NC=[NH2+]. The molecule has 0 saturated heterocycles. The summed E-state index contributed by atoms with van der Waals surface area (Å²) in [6, 6.07) is 0. The third-order valence-electron chi connectivity index (χ3n) is 1.82. The van der Waals surface area contributed by atoms with Crippen molar-refractivity contribution in [3.63, 3.8) is 0 Å². The van der Waals surface area contributed by atoms with E-state index in [2.05, 4.69) is 9.65 Å². The van der Waals surface area contributed by atoms with Gasteiger partial charge in [0.05, 0.1) is 11.8 Å². The van der Waals surface area contributed by atoms with Crippen LogP contribution in [0, 0.1) is 0 Å². The van der Waals surface area contributed by atoms with Crippen LogP contribution in [0.25, 0.3) is 0 Å². The normalized spacial score (nSPS) is 21.0. The Hall–Kier alpha value is -1.84. The molecule has 0 spiro atoms. The highest BCUT2D eigenvalue weighted by Gasteiger charge is 2.11. The van der Waals surface area contributed by atoms with E-state index in [1.807, 2.05) is 37.3 Å². The molecule has 1 aliphatic rings. The molecule has 0 unspecified atom stereocenters. The molecule has 0 aromatic heterocycles. The van der Waals surface area contributed by atoms with Crippen molar-refractivity contribution in [1.82, 2.24) is 0 Å². The summed E-state index contributed by atoms with van der Waals surface area (Å²) in [6.07, 6.45) is 12.3. The fourth-order valence-electron chi connectivity index (χ4n) is 1.22. The molecule has 2 radical (unpaired) electrons. The second-order valence-corrected chi connectivity index (χ2v) is 2.85. The molecule has 0 amide bonds. The van der Waals surface area contributed by atoms with Crippen molar-refractivity contribution in [2.75, 3.05) is 0 Å². The van der Waals surface area contributed by atoms with Crippen molar-refractivity contribution in [2.45, 2.75) is 6.92 Å². The lowest BCUT2D eigenvalue weighted by Gasteiger charge is -2.04. The molecule has 74 valence electrons. The van der Waals surface area contributed by atoms with Crippen LogP contribution in [0.5, 0.6) is 0 Å². The number of nitrogens with two attached hydrogens (primary N) is 1. The molecular formula is C11H12BN2O+. The second-order valence-electron chi connectivity index (χ2n) is 2.85. The Balaban J connectivity index is 3.04. The van der Waals surface area contributed by atoms with E-state index in [9.17, 15) is 0 Å². The van der Waals surface area contributed by atoms with Gasteiger partial charge in [-0.1, -0.05) is 18.2 Å². The maximum Gasteiger partial charge on any atom is 0.373 e. The number of nitrogens with zero attached hydrogens (tertiary/aromatic N) is 1. The van der Waals surface area contributed by atoms with E-state index in [0.29, 0.717) is 0 Å². The Morgan fingerprint density at radius 3 is 2.87 bits per heavy atom. The fraction of sp³-hybridized carbons (Fsp3) is 0.0909. The van der Waals surface area contributed by atoms with E-state index in [0.717, 1.165) is 16.9 Å². The molecular weight excluding hydrogens is 187 g/mol. The van der Waals surface area contributed by atoms with Crippen LogP contribution >= 0.6 is 0 Å². The summed E-state index contributed by atoms with van der Waals surface area (Å²) in [4.78, 5) is 4.02.